The van der Waals surface area contributed by atoms with Crippen LogP contribution in [0, 0.1) is 6.92 Å². The number of aromatic nitrogens is 1. The topological polar surface area (TPSA) is 42.2 Å². The molecule has 0 atom stereocenters. The van der Waals surface area contributed by atoms with Gasteiger partial charge in [0.1, 0.15) is 4.88 Å². The molecule has 0 bridgehead atoms. The first kappa shape index (κ1) is 12.7. The van der Waals surface area contributed by atoms with Gasteiger partial charge in [-0.05, 0) is 24.6 Å². The summed E-state index contributed by atoms with van der Waals surface area (Å²) in [5, 5.41) is 11.3. The summed E-state index contributed by atoms with van der Waals surface area (Å²) in [5.41, 5.74) is 3.90. The predicted molar refractivity (Wildman–Crippen MR) is 80.8 cm³/mol. The fourth-order valence-corrected chi connectivity index (χ4v) is 3.09. The third-order valence-corrected chi connectivity index (χ3v) is 4.14. The zero-order valence-electron chi connectivity index (χ0n) is 10.9. The third kappa shape index (κ3) is 2.14. The molecule has 2 aromatic heterocycles. The Kier molecular flexibility index (Phi) is 3.16. The van der Waals surface area contributed by atoms with E-state index in [2.05, 4.69) is 0 Å². The number of carbonyl (C=O) groups is 1. The Morgan fingerprint density at radius 1 is 1.15 bits per heavy atom. The average molecular weight is 283 g/mol. The smallest absolute Gasteiger partial charge is 0.348 e. The van der Waals surface area contributed by atoms with Gasteiger partial charge >= 0.3 is 5.97 Å². The van der Waals surface area contributed by atoms with Crippen molar-refractivity contribution in [1.29, 1.82) is 0 Å². The number of benzene rings is 1. The van der Waals surface area contributed by atoms with E-state index >= 15 is 0 Å². The average Bonchev–Trinajstić information content (AvgIpc) is 3.08. The van der Waals surface area contributed by atoms with Gasteiger partial charge in [-0.2, -0.15) is 0 Å². The Hall–Kier alpha value is -2.33. The number of rotatable bonds is 3. The molecule has 3 nitrogen and oxygen atoms in total. The van der Waals surface area contributed by atoms with E-state index in [4.69, 9.17) is 0 Å². The van der Waals surface area contributed by atoms with Crippen LogP contribution in [0.1, 0.15) is 15.2 Å². The van der Waals surface area contributed by atoms with Gasteiger partial charge in [0.25, 0.3) is 0 Å². The van der Waals surface area contributed by atoms with E-state index < -0.39 is 5.97 Å². The first-order chi connectivity index (χ1) is 9.66. The number of hydrogen-bond donors (Lipinski definition) is 1. The number of aryl methyl sites for hydroxylation is 1. The molecule has 0 amide bonds. The maximum Gasteiger partial charge on any atom is 0.348 e. The lowest BCUT2D eigenvalue weighted by molar-refractivity contribution is 0.0702. The lowest BCUT2D eigenvalue weighted by atomic mass is 10.1. The summed E-state index contributed by atoms with van der Waals surface area (Å²) in [6, 6.07) is 11.9. The summed E-state index contributed by atoms with van der Waals surface area (Å²) in [6.07, 6.45) is 3.73. The molecule has 20 heavy (non-hydrogen) atoms. The summed E-state index contributed by atoms with van der Waals surface area (Å²) in [6.45, 7) is 2.03. The van der Waals surface area contributed by atoms with Crippen LogP contribution in [0.25, 0.3) is 16.8 Å². The van der Waals surface area contributed by atoms with E-state index in [0.29, 0.717) is 4.88 Å². The lowest BCUT2D eigenvalue weighted by Gasteiger charge is -2.08. The molecule has 4 heteroatoms. The molecule has 100 valence electrons. The Morgan fingerprint density at radius 3 is 2.40 bits per heavy atom. The van der Waals surface area contributed by atoms with Crippen LogP contribution in [-0.4, -0.2) is 15.6 Å². The maximum atomic E-state index is 11.4. The standard InChI is InChI=1S/C16H13NO2S/c1-11-4-6-12(7-5-11)13-10-20-15(16(18)19)14(13)17-8-2-3-9-17/h2-10H,1H3,(H,18,19). The van der Waals surface area contributed by atoms with Crippen molar-refractivity contribution in [2.24, 2.45) is 0 Å². The fraction of sp³-hybridized carbons (Fsp3) is 0.0625. The van der Waals surface area contributed by atoms with E-state index in [1.54, 1.807) is 0 Å². The van der Waals surface area contributed by atoms with Crippen molar-refractivity contribution in [1.82, 2.24) is 4.57 Å². The SMILES string of the molecule is Cc1ccc(-c2csc(C(=O)O)c2-n2cccc2)cc1. The summed E-state index contributed by atoms with van der Waals surface area (Å²) < 4.78 is 1.86. The molecule has 0 radical (unpaired) electrons. The third-order valence-electron chi connectivity index (χ3n) is 3.18. The first-order valence-corrected chi connectivity index (χ1v) is 7.10. The molecular formula is C16H13NO2S. The maximum absolute atomic E-state index is 11.4. The zero-order chi connectivity index (χ0) is 14.1. The fourth-order valence-electron chi connectivity index (χ4n) is 2.18. The molecule has 0 spiro atoms. The van der Waals surface area contributed by atoms with Gasteiger partial charge in [0.15, 0.2) is 0 Å². The van der Waals surface area contributed by atoms with E-state index in [0.717, 1.165) is 16.8 Å². The van der Waals surface area contributed by atoms with Crippen molar-refractivity contribution in [2.75, 3.05) is 0 Å². The molecular weight excluding hydrogens is 270 g/mol. The minimum Gasteiger partial charge on any atom is -0.477 e. The number of nitrogens with zero attached hydrogens (tertiary/aromatic N) is 1. The summed E-state index contributed by atoms with van der Waals surface area (Å²) in [7, 11) is 0. The van der Waals surface area contributed by atoms with Gasteiger partial charge in [-0.3, -0.25) is 0 Å². The number of aromatic carboxylic acids is 1. The molecule has 0 aliphatic heterocycles. The van der Waals surface area contributed by atoms with Crippen molar-refractivity contribution in [3.05, 3.63) is 64.6 Å². The molecule has 1 aromatic carbocycles. The minimum atomic E-state index is -0.892. The Labute approximate surface area is 120 Å². The highest BCUT2D eigenvalue weighted by Crippen LogP contribution is 2.35. The molecule has 0 aliphatic rings. The Morgan fingerprint density at radius 2 is 1.80 bits per heavy atom. The van der Waals surface area contributed by atoms with Gasteiger partial charge in [-0.1, -0.05) is 29.8 Å². The van der Waals surface area contributed by atoms with Crippen LogP contribution in [0.3, 0.4) is 0 Å². The van der Waals surface area contributed by atoms with E-state index in [1.807, 2.05) is 65.7 Å². The van der Waals surface area contributed by atoms with Crippen LogP contribution in [0.2, 0.25) is 0 Å². The van der Waals surface area contributed by atoms with Crippen LogP contribution in [0.4, 0.5) is 0 Å². The molecule has 2 heterocycles. The van der Waals surface area contributed by atoms with Crippen molar-refractivity contribution in [2.45, 2.75) is 6.92 Å². The molecule has 3 rings (SSSR count). The van der Waals surface area contributed by atoms with Gasteiger partial charge < -0.3 is 9.67 Å². The van der Waals surface area contributed by atoms with Gasteiger partial charge in [0.2, 0.25) is 0 Å². The number of thiophene rings is 1. The molecule has 3 aromatic rings. The molecule has 0 unspecified atom stereocenters. The van der Waals surface area contributed by atoms with Gasteiger partial charge in [-0.15, -0.1) is 11.3 Å². The van der Waals surface area contributed by atoms with Crippen molar-refractivity contribution >= 4 is 17.3 Å². The van der Waals surface area contributed by atoms with Crippen LogP contribution in [0.5, 0.6) is 0 Å². The van der Waals surface area contributed by atoms with E-state index in [-0.39, 0.29) is 0 Å². The van der Waals surface area contributed by atoms with Gasteiger partial charge in [-0.25, -0.2) is 4.79 Å². The molecule has 0 aliphatic carbocycles. The molecule has 1 N–H and O–H groups in total. The van der Waals surface area contributed by atoms with Crippen molar-refractivity contribution < 1.29 is 9.90 Å². The highest BCUT2D eigenvalue weighted by atomic mass is 32.1. The largest absolute Gasteiger partial charge is 0.477 e. The quantitative estimate of drug-likeness (QED) is 0.782. The predicted octanol–water partition coefficient (Wildman–Crippen LogP) is 4.21. The summed E-state index contributed by atoms with van der Waals surface area (Å²) in [5.74, 6) is -0.892. The van der Waals surface area contributed by atoms with Gasteiger partial charge in [0.05, 0.1) is 5.69 Å². The van der Waals surface area contributed by atoms with Crippen LogP contribution in [0.15, 0.2) is 54.2 Å². The lowest BCUT2D eigenvalue weighted by Crippen LogP contribution is -2.01. The van der Waals surface area contributed by atoms with E-state index in [1.165, 1.54) is 16.9 Å². The van der Waals surface area contributed by atoms with Crippen molar-refractivity contribution in [3.63, 3.8) is 0 Å². The molecule has 0 saturated carbocycles. The summed E-state index contributed by atoms with van der Waals surface area (Å²) in [4.78, 5) is 11.8. The molecule has 0 saturated heterocycles. The normalized spacial score (nSPS) is 10.7. The first-order valence-electron chi connectivity index (χ1n) is 6.22. The van der Waals surface area contributed by atoms with Crippen LogP contribution >= 0.6 is 11.3 Å². The van der Waals surface area contributed by atoms with Crippen molar-refractivity contribution in [3.8, 4) is 16.8 Å². The van der Waals surface area contributed by atoms with Crippen LogP contribution in [-0.2, 0) is 0 Å². The number of carboxylic acid groups (broad SMARTS) is 1. The monoisotopic (exact) mass is 283 g/mol. The second-order valence-corrected chi connectivity index (χ2v) is 5.47. The zero-order valence-corrected chi connectivity index (χ0v) is 11.7. The summed E-state index contributed by atoms with van der Waals surface area (Å²) >= 11 is 1.26. The number of carboxylic acids is 1. The minimum absolute atomic E-state index is 0.358. The number of hydrogen-bond acceptors (Lipinski definition) is 2. The Balaban J connectivity index is 2.21. The second kappa shape index (κ2) is 4.98. The Bertz CT molecular complexity index is 739. The second-order valence-electron chi connectivity index (χ2n) is 4.59. The highest BCUT2D eigenvalue weighted by Gasteiger charge is 2.19. The van der Waals surface area contributed by atoms with Gasteiger partial charge in [0, 0.05) is 23.3 Å². The van der Waals surface area contributed by atoms with Crippen LogP contribution < -0.4 is 0 Å². The van der Waals surface area contributed by atoms with E-state index in [9.17, 15) is 9.90 Å². The highest BCUT2D eigenvalue weighted by molar-refractivity contribution is 7.13. The molecule has 0 fully saturated rings.